The van der Waals surface area contributed by atoms with Crippen molar-refractivity contribution in [2.24, 2.45) is 17.8 Å². The van der Waals surface area contributed by atoms with Gasteiger partial charge >= 0.3 is 0 Å². The summed E-state index contributed by atoms with van der Waals surface area (Å²) in [5.74, 6) is 2.77. The summed E-state index contributed by atoms with van der Waals surface area (Å²) in [5.41, 5.74) is 1.92. The maximum atomic E-state index is 12.2. The number of methoxy groups -OCH3 is 1. The van der Waals surface area contributed by atoms with Crippen molar-refractivity contribution < 1.29 is 9.53 Å². The molecule has 0 heterocycles. The van der Waals surface area contributed by atoms with Crippen molar-refractivity contribution >= 4 is 11.6 Å². The van der Waals surface area contributed by atoms with Crippen LogP contribution in [-0.4, -0.2) is 13.0 Å². The Labute approximate surface area is 108 Å². The van der Waals surface area contributed by atoms with E-state index in [4.69, 9.17) is 4.74 Å². The minimum atomic E-state index is 0.158. The van der Waals surface area contributed by atoms with Gasteiger partial charge in [0.2, 0.25) is 5.91 Å². The molecule has 1 aromatic rings. The van der Waals surface area contributed by atoms with Crippen molar-refractivity contribution in [3.05, 3.63) is 23.8 Å². The molecule has 2 atom stereocenters. The zero-order chi connectivity index (χ0) is 12.7. The quantitative estimate of drug-likeness (QED) is 0.889. The summed E-state index contributed by atoms with van der Waals surface area (Å²) in [6.07, 6.45) is 3.49. The standard InChI is InChI=1S/C15H19NO2/c1-9-3-4-14(18-2)13(5-9)16-15(17)12-7-10-6-11(10)8-12/h3-5,10-12H,6-8H2,1-2H3,(H,16,17). The average Bonchev–Trinajstić information content (AvgIpc) is 2.96. The molecule has 0 aromatic heterocycles. The van der Waals surface area contributed by atoms with Crippen LogP contribution in [0.5, 0.6) is 5.75 Å². The molecule has 3 heteroatoms. The molecule has 0 spiro atoms. The first-order chi connectivity index (χ1) is 8.67. The van der Waals surface area contributed by atoms with Crippen LogP contribution in [0.3, 0.4) is 0 Å². The Morgan fingerprint density at radius 1 is 1.28 bits per heavy atom. The number of amides is 1. The molecule has 18 heavy (non-hydrogen) atoms. The number of benzene rings is 1. The highest BCUT2D eigenvalue weighted by molar-refractivity contribution is 5.94. The lowest BCUT2D eigenvalue weighted by Gasteiger charge is -2.15. The number of rotatable bonds is 3. The van der Waals surface area contributed by atoms with Crippen LogP contribution in [-0.2, 0) is 4.79 Å². The maximum absolute atomic E-state index is 12.2. The summed E-state index contributed by atoms with van der Waals surface area (Å²) >= 11 is 0. The zero-order valence-corrected chi connectivity index (χ0v) is 10.9. The first-order valence-corrected chi connectivity index (χ1v) is 6.63. The average molecular weight is 245 g/mol. The summed E-state index contributed by atoms with van der Waals surface area (Å²) < 4.78 is 5.28. The van der Waals surface area contributed by atoms with Gasteiger partial charge in [0.05, 0.1) is 12.8 Å². The lowest BCUT2D eigenvalue weighted by atomic mass is 10.0. The third-order valence-electron chi connectivity index (χ3n) is 4.23. The molecule has 0 bridgehead atoms. The smallest absolute Gasteiger partial charge is 0.227 e. The minimum Gasteiger partial charge on any atom is -0.495 e. The third-order valence-corrected chi connectivity index (χ3v) is 4.23. The van der Waals surface area contributed by atoms with Crippen LogP contribution >= 0.6 is 0 Å². The number of fused-ring (bicyclic) bond motifs is 1. The molecule has 3 rings (SSSR count). The van der Waals surface area contributed by atoms with Gasteiger partial charge in [-0.2, -0.15) is 0 Å². The Morgan fingerprint density at radius 3 is 2.67 bits per heavy atom. The Bertz CT molecular complexity index is 473. The number of aryl methyl sites for hydroxylation is 1. The number of hydrogen-bond donors (Lipinski definition) is 1. The van der Waals surface area contributed by atoms with E-state index < -0.39 is 0 Å². The predicted molar refractivity (Wildman–Crippen MR) is 70.7 cm³/mol. The van der Waals surface area contributed by atoms with Gasteiger partial charge in [0.25, 0.3) is 0 Å². The SMILES string of the molecule is COc1ccc(C)cc1NC(=O)C1CC2CC2C1. The van der Waals surface area contributed by atoms with E-state index in [1.54, 1.807) is 7.11 Å². The van der Waals surface area contributed by atoms with E-state index in [1.807, 2.05) is 25.1 Å². The summed E-state index contributed by atoms with van der Waals surface area (Å²) in [4.78, 5) is 12.2. The molecule has 1 amide bonds. The van der Waals surface area contributed by atoms with E-state index in [0.717, 1.165) is 41.7 Å². The van der Waals surface area contributed by atoms with Crippen LogP contribution < -0.4 is 10.1 Å². The first kappa shape index (κ1) is 11.6. The van der Waals surface area contributed by atoms with Gasteiger partial charge in [-0.3, -0.25) is 4.79 Å². The van der Waals surface area contributed by atoms with Crippen LogP contribution in [0.2, 0.25) is 0 Å². The van der Waals surface area contributed by atoms with Crippen molar-refractivity contribution in [3.63, 3.8) is 0 Å². The second-order valence-corrected chi connectivity index (χ2v) is 5.62. The number of hydrogen-bond acceptors (Lipinski definition) is 2. The lowest BCUT2D eigenvalue weighted by molar-refractivity contribution is -0.120. The normalized spacial score (nSPS) is 28.7. The molecular weight excluding hydrogens is 226 g/mol. The van der Waals surface area contributed by atoms with Gasteiger partial charge in [-0.25, -0.2) is 0 Å². The van der Waals surface area contributed by atoms with Crippen molar-refractivity contribution in [2.45, 2.75) is 26.2 Å². The van der Waals surface area contributed by atoms with E-state index in [2.05, 4.69) is 5.32 Å². The predicted octanol–water partition coefficient (Wildman–Crippen LogP) is 2.99. The molecule has 3 nitrogen and oxygen atoms in total. The van der Waals surface area contributed by atoms with Crippen LogP contribution in [0.1, 0.15) is 24.8 Å². The summed E-state index contributed by atoms with van der Waals surface area (Å²) in [6.45, 7) is 2.01. The lowest BCUT2D eigenvalue weighted by Crippen LogP contribution is -2.22. The fourth-order valence-electron chi connectivity index (χ4n) is 3.08. The molecule has 1 N–H and O–H groups in total. The van der Waals surface area contributed by atoms with Gasteiger partial charge < -0.3 is 10.1 Å². The molecule has 2 fully saturated rings. The van der Waals surface area contributed by atoms with Crippen LogP contribution in [0.15, 0.2) is 18.2 Å². The molecule has 2 aliphatic carbocycles. The minimum absolute atomic E-state index is 0.158. The largest absolute Gasteiger partial charge is 0.495 e. The highest BCUT2D eigenvalue weighted by Crippen LogP contribution is 2.54. The van der Waals surface area contributed by atoms with E-state index >= 15 is 0 Å². The highest BCUT2D eigenvalue weighted by atomic mass is 16.5. The second kappa shape index (κ2) is 4.30. The second-order valence-electron chi connectivity index (χ2n) is 5.62. The number of carbonyl (C=O) groups is 1. The molecule has 0 radical (unpaired) electrons. The molecule has 96 valence electrons. The van der Waals surface area contributed by atoms with Crippen molar-refractivity contribution in [3.8, 4) is 5.75 Å². The van der Waals surface area contributed by atoms with Gasteiger partial charge in [-0.05, 0) is 55.7 Å². The molecule has 0 aliphatic heterocycles. The number of ether oxygens (including phenoxy) is 1. The van der Waals surface area contributed by atoms with Crippen LogP contribution in [0.4, 0.5) is 5.69 Å². The van der Waals surface area contributed by atoms with Gasteiger partial charge in [-0.1, -0.05) is 6.07 Å². The van der Waals surface area contributed by atoms with Gasteiger partial charge in [0, 0.05) is 5.92 Å². The fraction of sp³-hybridized carbons (Fsp3) is 0.533. The first-order valence-electron chi connectivity index (χ1n) is 6.63. The summed E-state index contributed by atoms with van der Waals surface area (Å²) in [7, 11) is 1.63. The monoisotopic (exact) mass is 245 g/mol. The Balaban J connectivity index is 1.71. The molecule has 2 aliphatic rings. The van der Waals surface area contributed by atoms with E-state index in [9.17, 15) is 4.79 Å². The molecule has 1 aromatic carbocycles. The number of nitrogens with one attached hydrogen (secondary N) is 1. The van der Waals surface area contributed by atoms with Crippen molar-refractivity contribution in [1.82, 2.24) is 0 Å². The molecular formula is C15H19NO2. The van der Waals surface area contributed by atoms with Crippen molar-refractivity contribution in [1.29, 1.82) is 0 Å². The van der Waals surface area contributed by atoms with Crippen LogP contribution in [0.25, 0.3) is 0 Å². The van der Waals surface area contributed by atoms with Gasteiger partial charge in [-0.15, -0.1) is 0 Å². The van der Waals surface area contributed by atoms with Gasteiger partial charge in [0.1, 0.15) is 5.75 Å². The maximum Gasteiger partial charge on any atom is 0.227 e. The van der Waals surface area contributed by atoms with E-state index in [0.29, 0.717) is 0 Å². The fourth-order valence-corrected chi connectivity index (χ4v) is 3.08. The summed E-state index contributed by atoms with van der Waals surface area (Å²) in [6, 6.07) is 5.85. The Kier molecular flexibility index (Phi) is 2.77. The molecule has 0 saturated heterocycles. The Morgan fingerprint density at radius 2 is 2.00 bits per heavy atom. The summed E-state index contributed by atoms with van der Waals surface area (Å²) in [5, 5.41) is 3.02. The van der Waals surface area contributed by atoms with E-state index in [1.165, 1.54) is 6.42 Å². The molecule has 2 unspecified atom stereocenters. The zero-order valence-electron chi connectivity index (χ0n) is 10.9. The van der Waals surface area contributed by atoms with E-state index in [-0.39, 0.29) is 11.8 Å². The molecule has 2 saturated carbocycles. The highest BCUT2D eigenvalue weighted by Gasteiger charge is 2.48. The number of anilines is 1. The Hall–Kier alpha value is -1.51. The van der Waals surface area contributed by atoms with Crippen LogP contribution in [0, 0.1) is 24.7 Å². The number of carbonyl (C=O) groups excluding carboxylic acids is 1. The third kappa shape index (κ3) is 2.09. The topological polar surface area (TPSA) is 38.3 Å². The van der Waals surface area contributed by atoms with Gasteiger partial charge in [0.15, 0.2) is 0 Å². The van der Waals surface area contributed by atoms with Crippen molar-refractivity contribution in [2.75, 3.05) is 12.4 Å².